The summed E-state index contributed by atoms with van der Waals surface area (Å²) in [5, 5.41) is 5.14. The minimum Gasteiger partial charge on any atom is -0.252 e. The first kappa shape index (κ1) is 13.5. The number of anilines is 1. The van der Waals surface area contributed by atoms with E-state index >= 15 is 0 Å². The molecule has 0 saturated carbocycles. The Morgan fingerprint density at radius 3 is 2.67 bits per heavy atom. The maximum Gasteiger partial charge on any atom is 0.204 e. The summed E-state index contributed by atoms with van der Waals surface area (Å²) < 4.78 is 1.16. The number of allylic oxidation sites excluding steroid dienone is 1. The van der Waals surface area contributed by atoms with Crippen LogP contribution in [0.4, 0.5) is 5.13 Å². The number of fused-ring (bicyclic) bond motifs is 1. The van der Waals surface area contributed by atoms with Gasteiger partial charge in [-0.25, -0.2) is 4.98 Å². The van der Waals surface area contributed by atoms with Gasteiger partial charge in [0.25, 0.3) is 0 Å². The highest BCUT2D eigenvalue weighted by molar-refractivity contribution is 7.22. The van der Waals surface area contributed by atoms with E-state index in [9.17, 15) is 0 Å². The SMILES string of the molecule is CC(/C=C\c1ccccc1)=N/Nc1nc2ccccc2s1. The number of aromatic nitrogens is 1. The van der Waals surface area contributed by atoms with Gasteiger partial charge in [0.1, 0.15) is 0 Å². The van der Waals surface area contributed by atoms with E-state index in [2.05, 4.69) is 33.7 Å². The number of hydrogen-bond donors (Lipinski definition) is 1. The Morgan fingerprint density at radius 1 is 1.10 bits per heavy atom. The highest BCUT2D eigenvalue weighted by atomic mass is 32.1. The summed E-state index contributed by atoms with van der Waals surface area (Å²) in [6.07, 6.45) is 4.02. The van der Waals surface area contributed by atoms with E-state index in [0.29, 0.717) is 0 Å². The van der Waals surface area contributed by atoms with Crippen LogP contribution in [0, 0.1) is 0 Å². The van der Waals surface area contributed by atoms with Crippen molar-refractivity contribution in [3.05, 3.63) is 66.2 Å². The molecule has 0 unspecified atom stereocenters. The molecule has 1 N–H and O–H groups in total. The maximum absolute atomic E-state index is 4.48. The summed E-state index contributed by atoms with van der Waals surface area (Å²) in [5.41, 5.74) is 6.07. The molecule has 0 atom stereocenters. The van der Waals surface area contributed by atoms with Gasteiger partial charge in [-0.2, -0.15) is 5.10 Å². The zero-order chi connectivity index (χ0) is 14.5. The van der Waals surface area contributed by atoms with Gasteiger partial charge in [0.15, 0.2) is 0 Å². The van der Waals surface area contributed by atoms with Crippen molar-refractivity contribution in [2.75, 3.05) is 5.43 Å². The highest BCUT2D eigenvalue weighted by Crippen LogP contribution is 2.25. The van der Waals surface area contributed by atoms with Crippen LogP contribution in [0.2, 0.25) is 0 Å². The van der Waals surface area contributed by atoms with Crippen LogP contribution in [-0.2, 0) is 0 Å². The molecule has 0 spiro atoms. The molecule has 0 aliphatic carbocycles. The third kappa shape index (κ3) is 3.55. The molecule has 3 aromatic rings. The summed E-state index contributed by atoms with van der Waals surface area (Å²) in [5.74, 6) is 0. The molecule has 104 valence electrons. The Balaban J connectivity index is 1.69. The summed E-state index contributed by atoms with van der Waals surface area (Å²) in [6, 6.07) is 18.2. The van der Waals surface area contributed by atoms with E-state index < -0.39 is 0 Å². The van der Waals surface area contributed by atoms with E-state index in [4.69, 9.17) is 0 Å². The normalized spacial score (nSPS) is 12.1. The molecule has 0 amide bonds. The van der Waals surface area contributed by atoms with E-state index in [1.807, 2.05) is 55.5 Å². The molecule has 4 heteroatoms. The van der Waals surface area contributed by atoms with E-state index in [1.54, 1.807) is 11.3 Å². The number of nitrogens with zero attached hydrogens (tertiary/aromatic N) is 2. The molecule has 1 aromatic heterocycles. The van der Waals surface area contributed by atoms with Crippen molar-refractivity contribution in [1.82, 2.24) is 4.98 Å². The van der Waals surface area contributed by atoms with Crippen LogP contribution in [0.25, 0.3) is 16.3 Å². The van der Waals surface area contributed by atoms with Crippen molar-refractivity contribution < 1.29 is 0 Å². The van der Waals surface area contributed by atoms with Gasteiger partial charge < -0.3 is 0 Å². The maximum atomic E-state index is 4.48. The van der Waals surface area contributed by atoms with Crippen molar-refractivity contribution >= 4 is 38.5 Å². The van der Waals surface area contributed by atoms with Gasteiger partial charge in [-0.1, -0.05) is 59.9 Å². The molecule has 1 heterocycles. The molecule has 0 aliphatic rings. The van der Waals surface area contributed by atoms with Crippen LogP contribution < -0.4 is 5.43 Å². The van der Waals surface area contributed by atoms with Crippen LogP contribution in [0.1, 0.15) is 12.5 Å². The number of nitrogens with one attached hydrogen (secondary N) is 1. The predicted octanol–water partition coefficient (Wildman–Crippen LogP) is 4.80. The second-order valence-electron chi connectivity index (χ2n) is 4.60. The molecule has 21 heavy (non-hydrogen) atoms. The second-order valence-corrected chi connectivity index (χ2v) is 5.63. The van der Waals surface area contributed by atoms with Crippen molar-refractivity contribution in [3.63, 3.8) is 0 Å². The van der Waals surface area contributed by atoms with Gasteiger partial charge in [0.2, 0.25) is 5.13 Å². The monoisotopic (exact) mass is 293 g/mol. The summed E-state index contributed by atoms with van der Waals surface area (Å²) in [4.78, 5) is 4.48. The first-order valence-corrected chi connectivity index (χ1v) is 7.52. The first-order chi connectivity index (χ1) is 10.3. The van der Waals surface area contributed by atoms with Gasteiger partial charge in [-0.05, 0) is 30.7 Å². The van der Waals surface area contributed by atoms with Gasteiger partial charge in [0, 0.05) is 0 Å². The smallest absolute Gasteiger partial charge is 0.204 e. The molecule has 0 fully saturated rings. The number of rotatable bonds is 4. The third-order valence-corrected chi connectivity index (χ3v) is 3.88. The number of hydrogen-bond acceptors (Lipinski definition) is 4. The fourth-order valence-corrected chi connectivity index (χ4v) is 2.68. The molecule has 3 nitrogen and oxygen atoms in total. The van der Waals surface area contributed by atoms with Crippen molar-refractivity contribution in [2.24, 2.45) is 5.10 Å². The van der Waals surface area contributed by atoms with Gasteiger partial charge in [0.05, 0.1) is 15.9 Å². The van der Waals surface area contributed by atoms with Crippen LogP contribution in [0.15, 0.2) is 65.8 Å². The average Bonchev–Trinajstić information content (AvgIpc) is 2.95. The molecule has 3 rings (SSSR count). The molecule has 0 radical (unpaired) electrons. The number of thiazole rings is 1. The fourth-order valence-electron chi connectivity index (χ4n) is 1.87. The average molecular weight is 293 g/mol. The molecule has 0 bridgehead atoms. The largest absolute Gasteiger partial charge is 0.252 e. The summed E-state index contributed by atoms with van der Waals surface area (Å²) in [7, 11) is 0. The zero-order valence-electron chi connectivity index (χ0n) is 11.7. The Bertz CT molecular complexity index is 755. The lowest BCUT2D eigenvalue weighted by atomic mass is 10.2. The standard InChI is InChI=1S/C17H15N3S/c1-13(11-12-14-7-3-2-4-8-14)19-20-17-18-15-9-5-6-10-16(15)21-17/h2-12H,1H3,(H,18,20)/b12-11-,19-13-. The minimum atomic E-state index is 0.809. The van der Waals surface area contributed by atoms with Gasteiger partial charge >= 0.3 is 0 Å². The summed E-state index contributed by atoms with van der Waals surface area (Å²) in [6.45, 7) is 1.96. The lowest BCUT2D eigenvalue weighted by Crippen LogP contribution is -1.93. The second kappa shape index (κ2) is 6.33. The highest BCUT2D eigenvalue weighted by Gasteiger charge is 2.00. The van der Waals surface area contributed by atoms with Crippen molar-refractivity contribution in [3.8, 4) is 0 Å². The Morgan fingerprint density at radius 2 is 1.86 bits per heavy atom. The lowest BCUT2D eigenvalue weighted by Gasteiger charge is -1.95. The number of hydrazone groups is 1. The minimum absolute atomic E-state index is 0.809. The van der Waals surface area contributed by atoms with E-state index in [0.717, 1.165) is 26.6 Å². The lowest BCUT2D eigenvalue weighted by molar-refractivity contribution is 1.30. The third-order valence-electron chi connectivity index (χ3n) is 2.94. The predicted molar refractivity (Wildman–Crippen MR) is 91.8 cm³/mol. The zero-order valence-corrected chi connectivity index (χ0v) is 12.5. The van der Waals surface area contributed by atoms with E-state index in [-0.39, 0.29) is 0 Å². The molecular weight excluding hydrogens is 278 g/mol. The Kier molecular flexibility index (Phi) is 4.07. The molecule has 0 aliphatic heterocycles. The first-order valence-electron chi connectivity index (χ1n) is 6.70. The van der Waals surface area contributed by atoms with Crippen LogP contribution in [-0.4, -0.2) is 10.7 Å². The van der Waals surface area contributed by atoms with E-state index in [1.165, 1.54) is 0 Å². The molecule has 0 saturated heterocycles. The van der Waals surface area contributed by atoms with Crippen molar-refractivity contribution in [1.29, 1.82) is 0 Å². The van der Waals surface area contributed by atoms with Gasteiger partial charge in [-0.3, -0.25) is 5.43 Å². The Labute approximate surface area is 127 Å². The number of benzene rings is 2. The quantitative estimate of drug-likeness (QED) is 0.554. The van der Waals surface area contributed by atoms with Crippen molar-refractivity contribution in [2.45, 2.75) is 6.92 Å². The summed E-state index contributed by atoms with van der Waals surface area (Å²) >= 11 is 1.60. The van der Waals surface area contributed by atoms with Crippen LogP contribution >= 0.6 is 11.3 Å². The van der Waals surface area contributed by atoms with Gasteiger partial charge in [-0.15, -0.1) is 0 Å². The van der Waals surface area contributed by atoms with Crippen LogP contribution in [0.5, 0.6) is 0 Å². The molecule has 2 aromatic carbocycles. The Hall–Kier alpha value is -2.46. The van der Waals surface area contributed by atoms with Crippen LogP contribution in [0.3, 0.4) is 0 Å². The molecular formula is C17H15N3S. The topological polar surface area (TPSA) is 37.3 Å². The fraction of sp³-hybridized carbons (Fsp3) is 0.0588. The number of para-hydroxylation sites is 1.